The predicted octanol–water partition coefficient (Wildman–Crippen LogP) is 1.05. The lowest BCUT2D eigenvalue weighted by molar-refractivity contribution is 0.0694. The van der Waals surface area contributed by atoms with Gasteiger partial charge in [-0.05, 0) is 20.0 Å². The number of pyridine rings is 1. The van der Waals surface area contributed by atoms with Crippen LogP contribution in [0.15, 0.2) is 17.1 Å². The quantitative estimate of drug-likeness (QED) is 0.636. The van der Waals surface area contributed by atoms with Crippen LogP contribution in [0.1, 0.15) is 23.3 Å². The van der Waals surface area contributed by atoms with E-state index in [0.717, 1.165) is 19.2 Å². The Morgan fingerprint density at radius 2 is 1.84 bits per heavy atom. The first kappa shape index (κ1) is 23.0. The summed E-state index contributed by atoms with van der Waals surface area (Å²) in [6.45, 7) is 5.08. The molecular formula is C19H24FN3O7S. The number of benzene rings is 1. The number of ether oxygens (including phenoxy) is 1. The molecule has 1 unspecified atom stereocenters. The van der Waals surface area contributed by atoms with Gasteiger partial charge in [0.2, 0.25) is 5.43 Å². The molecule has 0 bridgehead atoms. The zero-order valence-corrected chi connectivity index (χ0v) is 18.1. The molecule has 10 nitrogen and oxygen atoms in total. The number of likely N-dealkylation sites (N-methyl/N-ethyl adjacent to an activating group) is 1. The zero-order chi connectivity index (χ0) is 23.1. The van der Waals surface area contributed by atoms with Crippen LogP contribution >= 0.6 is 0 Å². The van der Waals surface area contributed by atoms with Gasteiger partial charge in [-0.1, -0.05) is 0 Å². The van der Waals surface area contributed by atoms with E-state index in [0.29, 0.717) is 36.3 Å². The lowest BCUT2D eigenvalue weighted by Crippen LogP contribution is -2.45. The van der Waals surface area contributed by atoms with Crippen molar-refractivity contribution in [3.05, 3.63) is 33.9 Å². The SMILES string of the molecule is CC1COc2c(N3CCN(C)CC3)c(F)cc3c(=O)c(C(=O)O)cn1c23.CS(=O)(=O)O. The maximum atomic E-state index is 15.0. The molecule has 2 aromatic rings. The molecule has 170 valence electrons. The number of anilines is 1. The number of carbonyl (C=O) groups is 1. The Kier molecular flexibility index (Phi) is 6.25. The summed E-state index contributed by atoms with van der Waals surface area (Å²) in [6.07, 6.45) is 2.06. The summed E-state index contributed by atoms with van der Waals surface area (Å²) in [5, 5.41) is 9.36. The van der Waals surface area contributed by atoms with Crippen molar-refractivity contribution in [2.75, 3.05) is 51.0 Å². The minimum absolute atomic E-state index is 0.0434. The van der Waals surface area contributed by atoms with Crippen LogP contribution in [0.4, 0.5) is 10.1 Å². The Hall–Kier alpha value is -2.70. The maximum absolute atomic E-state index is 15.0. The highest BCUT2D eigenvalue weighted by Gasteiger charge is 2.30. The number of hydrogen-bond acceptors (Lipinski definition) is 7. The van der Waals surface area contributed by atoms with Gasteiger partial charge in [0.1, 0.15) is 17.9 Å². The number of aromatic nitrogens is 1. The third-order valence-electron chi connectivity index (χ3n) is 5.19. The average molecular weight is 457 g/mol. The number of aromatic carboxylic acids is 1. The van der Waals surface area contributed by atoms with Gasteiger partial charge in [-0.2, -0.15) is 8.42 Å². The van der Waals surface area contributed by atoms with Gasteiger partial charge in [0.25, 0.3) is 10.1 Å². The Labute approximate surface area is 178 Å². The molecule has 3 heterocycles. The van der Waals surface area contributed by atoms with Gasteiger partial charge in [0.05, 0.1) is 23.2 Å². The van der Waals surface area contributed by atoms with Gasteiger partial charge in [-0.25, -0.2) is 9.18 Å². The van der Waals surface area contributed by atoms with Crippen molar-refractivity contribution >= 4 is 32.7 Å². The molecule has 1 fully saturated rings. The minimum Gasteiger partial charge on any atom is -0.487 e. The maximum Gasteiger partial charge on any atom is 0.341 e. The van der Waals surface area contributed by atoms with Crippen LogP contribution in [-0.4, -0.2) is 79.6 Å². The summed E-state index contributed by atoms with van der Waals surface area (Å²) >= 11 is 0. The highest BCUT2D eigenvalue weighted by molar-refractivity contribution is 7.85. The first-order valence-corrected chi connectivity index (χ1v) is 11.4. The molecule has 1 saturated heterocycles. The fraction of sp³-hybridized carbons (Fsp3) is 0.474. The van der Waals surface area contributed by atoms with Gasteiger partial charge >= 0.3 is 5.97 Å². The number of halogens is 1. The third-order valence-corrected chi connectivity index (χ3v) is 5.19. The van der Waals surface area contributed by atoms with Crippen molar-refractivity contribution in [1.82, 2.24) is 9.47 Å². The van der Waals surface area contributed by atoms with Crippen molar-refractivity contribution in [3.8, 4) is 5.75 Å². The summed E-state index contributed by atoms with van der Waals surface area (Å²) < 4.78 is 48.4. The fourth-order valence-electron chi connectivity index (χ4n) is 3.69. The third kappa shape index (κ3) is 4.81. The van der Waals surface area contributed by atoms with Crippen molar-refractivity contribution in [2.24, 2.45) is 0 Å². The van der Waals surface area contributed by atoms with E-state index in [-0.39, 0.29) is 23.6 Å². The van der Waals surface area contributed by atoms with Crippen LogP contribution in [0.3, 0.4) is 0 Å². The second-order valence-electron chi connectivity index (χ2n) is 7.70. The second kappa shape index (κ2) is 8.44. The zero-order valence-electron chi connectivity index (χ0n) is 17.3. The smallest absolute Gasteiger partial charge is 0.341 e. The Morgan fingerprint density at radius 1 is 1.26 bits per heavy atom. The molecule has 0 saturated carbocycles. The Morgan fingerprint density at radius 3 is 2.39 bits per heavy atom. The number of hydrogen-bond donors (Lipinski definition) is 2. The van der Waals surface area contributed by atoms with Gasteiger partial charge in [-0.3, -0.25) is 9.35 Å². The molecule has 0 radical (unpaired) electrons. The summed E-state index contributed by atoms with van der Waals surface area (Å²) in [7, 11) is -1.65. The van der Waals surface area contributed by atoms with Crippen molar-refractivity contribution in [3.63, 3.8) is 0 Å². The molecule has 0 amide bonds. The highest BCUT2D eigenvalue weighted by Crippen LogP contribution is 2.42. The Bertz CT molecular complexity index is 1180. The van der Waals surface area contributed by atoms with E-state index in [1.165, 1.54) is 6.20 Å². The Balaban J connectivity index is 0.000000491. The predicted molar refractivity (Wildman–Crippen MR) is 113 cm³/mol. The van der Waals surface area contributed by atoms with Gasteiger partial charge in [0.15, 0.2) is 11.6 Å². The summed E-state index contributed by atoms with van der Waals surface area (Å²) in [6, 6.07) is 0.994. The first-order chi connectivity index (χ1) is 14.4. The van der Waals surface area contributed by atoms with Crippen LogP contribution < -0.4 is 15.1 Å². The van der Waals surface area contributed by atoms with Crippen molar-refractivity contribution in [2.45, 2.75) is 13.0 Å². The molecule has 12 heteroatoms. The lowest BCUT2D eigenvalue weighted by Gasteiger charge is -2.37. The summed E-state index contributed by atoms with van der Waals surface area (Å²) in [5.41, 5.74) is -0.224. The average Bonchev–Trinajstić information content (AvgIpc) is 2.65. The molecule has 2 aliphatic heterocycles. The second-order valence-corrected chi connectivity index (χ2v) is 9.17. The van der Waals surface area contributed by atoms with E-state index in [1.807, 2.05) is 18.9 Å². The summed E-state index contributed by atoms with van der Waals surface area (Å²) in [4.78, 5) is 28.1. The molecule has 1 aromatic carbocycles. The minimum atomic E-state index is -3.67. The topological polar surface area (TPSA) is 129 Å². The molecule has 4 rings (SSSR count). The monoisotopic (exact) mass is 457 g/mol. The van der Waals surface area contributed by atoms with Crippen molar-refractivity contribution < 1.29 is 32.0 Å². The molecular weight excluding hydrogens is 433 g/mol. The number of rotatable bonds is 2. The van der Waals surface area contributed by atoms with Crippen LogP contribution in [0.2, 0.25) is 0 Å². The molecule has 0 spiro atoms. The first-order valence-electron chi connectivity index (χ1n) is 9.52. The van der Waals surface area contributed by atoms with Crippen LogP contribution in [0.5, 0.6) is 5.75 Å². The molecule has 1 atom stereocenters. The summed E-state index contributed by atoms with van der Waals surface area (Å²) in [5.74, 6) is -1.54. The number of carboxylic acid groups (broad SMARTS) is 1. The van der Waals surface area contributed by atoms with E-state index >= 15 is 0 Å². The van der Waals surface area contributed by atoms with E-state index in [9.17, 15) is 27.5 Å². The molecule has 31 heavy (non-hydrogen) atoms. The van der Waals surface area contributed by atoms with Gasteiger partial charge in [0, 0.05) is 32.4 Å². The van der Waals surface area contributed by atoms with Crippen LogP contribution in [-0.2, 0) is 10.1 Å². The normalized spacial score (nSPS) is 18.9. The van der Waals surface area contributed by atoms with Crippen LogP contribution in [0.25, 0.3) is 10.9 Å². The molecule has 2 aliphatic rings. The molecule has 0 aliphatic carbocycles. The van der Waals surface area contributed by atoms with Crippen LogP contribution in [0, 0.1) is 5.82 Å². The van der Waals surface area contributed by atoms with E-state index in [4.69, 9.17) is 9.29 Å². The van der Waals surface area contributed by atoms with Crippen molar-refractivity contribution in [1.29, 1.82) is 0 Å². The molecule has 1 aromatic heterocycles. The van der Waals surface area contributed by atoms with Gasteiger partial charge < -0.3 is 24.2 Å². The fourth-order valence-corrected chi connectivity index (χ4v) is 3.69. The van der Waals surface area contributed by atoms with E-state index in [1.54, 1.807) is 4.57 Å². The van der Waals surface area contributed by atoms with E-state index in [2.05, 4.69) is 4.90 Å². The number of piperazine rings is 1. The largest absolute Gasteiger partial charge is 0.487 e. The standard InChI is InChI=1S/C18H20FN3O4.CH4O3S/c1-10-9-26-17-14-11(16(23)12(18(24)25)8-22(10)14)7-13(19)15(17)21-5-3-20(2)4-6-21;1-5(2,3)4/h7-8,10H,3-6,9H2,1-2H3,(H,24,25);1H3,(H,2,3,4). The van der Waals surface area contributed by atoms with E-state index < -0.39 is 27.3 Å². The number of carboxylic acids is 1. The lowest BCUT2D eigenvalue weighted by atomic mass is 10.1. The molecule has 2 N–H and O–H groups in total. The highest BCUT2D eigenvalue weighted by atomic mass is 32.2. The van der Waals surface area contributed by atoms with Gasteiger partial charge in [-0.15, -0.1) is 0 Å². The number of nitrogens with zero attached hydrogens (tertiary/aromatic N) is 3.